The summed E-state index contributed by atoms with van der Waals surface area (Å²) >= 11 is 0. The summed E-state index contributed by atoms with van der Waals surface area (Å²) in [5, 5.41) is 3.32. The van der Waals surface area contributed by atoms with E-state index in [4.69, 9.17) is 0 Å². The zero-order valence-corrected chi connectivity index (χ0v) is 11.2. The van der Waals surface area contributed by atoms with Gasteiger partial charge in [-0.1, -0.05) is 26.7 Å². The molecule has 0 saturated heterocycles. The normalized spacial score (nSPS) is 10.3. The van der Waals surface area contributed by atoms with E-state index in [0.717, 1.165) is 24.9 Å². The summed E-state index contributed by atoms with van der Waals surface area (Å²) in [4.78, 5) is 10.9. The number of aromatic nitrogens is 2. The molecule has 0 unspecified atom stereocenters. The first-order valence-corrected chi connectivity index (χ1v) is 6.56. The van der Waals surface area contributed by atoms with Crippen LogP contribution in [0.1, 0.15) is 39.5 Å². The fraction of sp³-hybridized carbons (Fsp3) is 0.692. The van der Waals surface area contributed by atoms with Crippen LogP contribution < -0.4 is 10.2 Å². The molecule has 96 valence electrons. The van der Waals surface area contributed by atoms with Gasteiger partial charge in [0.1, 0.15) is 5.82 Å². The lowest BCUT2D eigenvalue weighted by Crippen LogP contribution is -2.21. The molecule has 17 heavy (non-hydrogen) atoms. The molecule has 4 heteroatoms. The topological polar surface area (TPSA) is 41.1 Å². The Morgan fingerprint density at radius 2 is 2.00 bits per heavy atom. The fourth-order valence-electron chi connectivity index (χ4n) is 1.52. The number of hydrogen-bond acceptors (Lipinski definition) is 4. The van der Waals surface area contributed by atoms with Gasteiger partial charge in [0, 0.05) is 26.3 Å². The summed E-state index contributed by atoms with van der Waals surface area (Å²) in [6, 6.07) is 1.92. The minimum atomic E-state index is 0.806. The molecule has 0 aromatic carbocycles. The maximum atomic E-state index is 4.50. The average Bonchev–Trinajstić information content (AvgIpc) is 2.36. The fourth-order valence-corrected chi connectivity index (χ4v) is 1.52. The highest BCUT2D eigenvalue weighted by Gasteiger charge is 2.04. The van der Waals surface area contributed by atoms with Crippen LogP contribution in [0.25, 0.3) is 0 Å². The van der Waals surface area contributed by atoms with Gasteiger partial charge in [-0.15, -0.1) is 0 Å². The van der Waals surface area contributed by atoms with Crippen molar-refractivity contribution in [1.29, 1.82) is 0 Å². The van der Waals surface area contributed by atoms with Crippen LogP contribution in [0.5, 0.6) is 0 Å². The molecule has 0 radical (unpaired) electrons. The van der Waals surface area contributed by atoms with E-state index in [1.807, 2.05) is 19.3 Å². The van der Waals surface area contributed by atoms with E-state index < -0.39 is 0 Å². The smallest absolute Gasteiger partial charge is 0.226 e. The summed E-state index contributed by atoms with van der Waals surface area (Å²) in [5.74, 6) is 1.73. The summed E-state index contributed by atoms with van der Waals surface area (Å²) < 4.78 is 0. The Kier molecular flexibility index (Phi) is 6.37. The first kappa shape index (κ1) is 13.7. The Bertz CT molecular complexity index is 314. The number of rotatable bonds is 8. The van der Waals surface area contributed by atoms with Crippen molar-refractivity contribution in [2.45, 2.75) is 39.5 Å². The summed E-state index contributed by atoms with van der Waals surface area (Å²) in [6.07, 6.45) is 6.55. The maximum Gasteiger partial charge on any atom is 0.226 e. The third-order valence-electron chi connectivity index (χ3n) is 2.67. The van der Waals surface area contributed by atoms with Gasteiger partial charge in [-0.05, 0) is 18.9 Å². The molecule has 0 aliphatic rings. The van der Waals surface area contributed by atoms with E-state index in [2.05, 4.69) is 34.0 Å². The Labute approximate surface area is 104 Å². The van der Waals surface area contributed by atoms with Gasteiger partial charge in [-0.25, -0.2) is 4.98 Å². The molecule has 0 amide bonds. The Morgan fingerprint density at radius 1 is 1.24 bits per heavy atom. The molecule has 0 atom stereocenters. The van der Waals surface area contributed by atoms with Crippen molar-refractivity contribution >= 4 is 11.8 Å². The van der Waals surface area contributed by atoms with Crippen LogP contribution in [0.4, 0.5) is 11.8 Å². The van der Waals surface area contributed by atoms with Crippen molar-refractivity contribution in [3.05, 3.63) is 12.3 Å². The van der Waals surface area contributed by atoms with E-state index in [9.17, 15) is 0 Å². The molecular formula is C13H24N4. The largest absolute Gasteiger partial charge is 0.370 e. The number of hydrogen-bond donors (Lipinski definition) is 1. The minimum Gasteiger partial charge on any atom is -0.370 e. The van der Waals surface area contributed by atoms with E-state index in [0.29, 0.717) is 0 Å². The molecule has 1 aromatic rings. The lowest BCUT2D eigenvalue weighted by atomic mass is 10.3. The van der Waals surface area contributed by atoms with Gasteiger partial charge in [0.05, 0.1) is 0 Å². The molecule has 0 aliphatic carbocycles. The molecule has 1 rings (SSSR count). The van der Waals surface area contributed by atoms with Crippen LogP contribution in [0.2, 0.25) is 0 Å². The molecule has 0 spiro atoms. The van der Waals surface area contributed by atoms with Crippen molar-refractivity contribution in [2.75, 3.05) is 30.4 Å². The van der Waals surface area contributed by atoms with Crippen LogP contribution in [-0.2, 0) is 0 Å². The quantitative estimate of drug-likeness (QED) is 0.705. The maximum absolute atomic E-state index is 4.50. The highest BCUT2D eigenvalue weighted by molar-refractivity contribution is 5.40. The second kappa shape index (κ2) is 7.87. The van der Waals surface area contributed by atoms with Crippen molar-refractivity contribution in [3.63, 3.8) is 0 Å². The van der Waals surface area contributed by atoms with Gasteiger partial charge in [-0.3, -0.25) is 0 Å². The van der Waals surface area contributed by atoms with Crippen LogP contribution in [0, 0.1) is 0 Å². The van der Waals surface area contributed by atoms with E-state index in [-0.39, 0.29) is 0 Å². The highest BCUT2D eigenvalue weighted by Crippen LogP contribution is 2.10. The molecule has 0 fully saturated rings. The zero-order chi connectivity index (χ0) is 12.5. The van der Waals surface area contributed by atoms with Gasteiger partial charge in [0.15, 0.2) is 0 Å². The molecule has 4 nitrogen and oxygen atoms in total. The van der Waals surface area contributed by atoms with Gasteiger partial charge >= 0.3 is 0 Å². The van der Waals surface area contributed by atoms with Gasteiger partial charge in [0.2, 0.25) is 5.95 Å². The molecule has 1 heterocycles. The zero-order valence-electron chi connectivity index (χ0n) is 11.2. The average molecular weight is 236 g/mol. The number of anilines is 2. The third-order valence-corrected chi connectivity index (χ3v) is 2.67. The van der Waals surface area contributed by atoms with Gasteiger partial charge < -0.3 is 10.2 Å². The monoisotopic (exact) mass is 236 g/mol. The highest BCUT2D eigenvalue weighted by atomic mass is 15.2. The second-order valence-corrected chi connectivity index (χ2v) is 4.30. The molecule has 0 saturated carbocycles. The Morgan fingerprint density at radius 3 is 2.71 bits per heavy atom. The second-order valence-electron chi connectivity index (χ2n) is 4.30. The van der Waals surface area contributed by atoms with E-state index in [1.165, 1.54) is 25.7 Å². The van der Waals surface area contributed by atoms with Gasteiger partial charge in [0.25, 0.3) is 0 Å². The third kappa shape index (κ3) is 5.02. The summed E-state index contributed by atoms with van der Waals surface area (Å²) in [6.45, 7) is 6.36. The van der Waals surface area contributed by atoms with Crippen molar-refractivity contribution < 1.29 is 0 Å². The van der Waals surface area contributed by atoms with E-state index in [1.54, 1.807) is 0 Å². The van der Waals surface area contributed by atoms with Crippen molar-refractivity contribution in [2.24, 2.45) is 0 Å². The summed E-state index contributed by atoms with van der Waals surface area (Å²) in [7, 11) is 2.04. The van der Waals surface area contributed by atoms with Crippen molar-refractivity contribution in [1.82, 2.24) is 9.97 Å². The first-order chi connectivity index (χ1) is 8.27. The van der Waals surface area contributed by atoms with Crippen LogP contribution in [-0.4, -0.2) is 30.1 Å². The van der Waals surface area contributed by atoms with Crippen LogP contribution in [0.3, 0.4) is 0 Å². The number of nitrogens with one attached hydrogen (secondary N) is 1. The number of nitrogens with zero attached hydrogens (tertiary/aromatic N) is 3. The molecule has 0 bridgehead atoms. The molecule has 1 aromatic heterocycles. The van der Waals surface area contributed by atoms with Crippen LogP contribution in [0.15, 0.2) is 12.3 Å². The van der Waals surface area contributed by atoms with Gasteiger partial charge in [-0.2, -0.15) is 4.98 Å². The lowest BCUT2D eigenvalue weighted by Gasteiger charge is -2.17. The molecular weight excluding hydrogens is 212 g/mol. The van der Waals surface area contributed by atoms with Crippen LogP contribution >= 0.6 is 0 Å². The predicted octanol–water partition coefficient (Wildman–Crippen LogP) is 2.92. The SMILES string of the molecule is CCCCNc1ccnc(N(C)CCCC)n1. The Balaban J connectivity index is 2.52. The minimum absolute atomic E-state index is 0.806. The van der Waals surface area contributed by atoms with Crippen molar-refractivity contribution in [3.8, 4) is 0 Å². The first-order valence-electron chi connectivity index (χ1n) is 6.56. The molecule has 0 aliphatic heterocycles. The predicted molar refractivity (Wildman–Crippen MR) is 73.6 cm³/mol. The molecule has 1 N–H and O–H groups in total. The summed E-state index contributed by atoms with van der Waals surface area (Å²) in [5.41, 5.74) is 0. The number of unbranched alkanes of at least 4 members (excludes halogenated alkanes) is 2. The standard InChI is InChI=1S/C13H24N4/c1-4-6-9-14-12-8-10-15-13(16-12)17(3)11-7-5-2/h8,10H,4-7,9,11H2,1-3H3,(H,14,15,16). The Hall–Kier alpha value is -1.32. The van der Waals surface area contributed by atoms with E-state index >= 15 is 0 Å². The lowest BCUT2D eigenvalue weighted by molar-refractivity contribution is 0.749.